The maximum atomic E-state index is 13.0. The molecule has 1 aliphatic carbocycles. The molecule has 0 saturated carbocycles. The molecule has 80 valence electrons. The van der Waals surface area contributed by atoms with Crippen LogP contribution in [-0.4, -0.2) is 13.4 Å². The number of carbonyl (C=O) groups excluding carboxylic acids is 1. The second kappa shape index (κ2) is 3.74. The molecular weight excluding hydrogens is 195 g/mol. The predicted molar refractivity (Wildman–Crippen MR) is 54.1 cm³/mol. The summed E-state index contributed by atoms with van der Waals surface area (Å²) in [6, 6.07) is 4.52. The van der Waals surface area contributed by atoms with Gasteiger partial charge in [0.1, 0.15) is 11.4 Å². The van der Waals surface area contributed by atoms with Gasteiger partial charge in [0.25, 0.3) is 0 Å². The van der Waals surface area contributed by atoms with Crippen molar-refractivity contribution in [1.29, 1.82) is 0 Å². The van der Waals surface area contributed by atoms with Gasteiger partial charge in [-0.3, -0.25) is 4.79 Å². The summed E-state index contributed by atoms with van der Waals surface area (Å²) in [6.07, 6.45) is 3.16. The zero-order valence-corrected chi connectivity index (χ0v) is 8.63. The summed E-state index contributed by atoms with van der Waals surface area (Å²) in [5.41, 5.74) is 0.837. The third-order valence-electron chi connectivity index (χ3n) is 3.07. The van der Waals surface area contributed by atoms with Crippen LogP contribution in [0, 0.1) is 5.82 Å². The van der Waals surface area contributed by atoms with Gasteiger partial charge in [0.05, 0.1) is 0 Å². The number of methoxy groups -OCH3 is 1. The van der Waals surface area contributed by atoms with Crippen molar-refractivity contribution >= 4 is 6.29 Å². The summed E-state index contributed by atoms with van der Waals surface area (Å²) in [5, 5.41) is 0. The van der Waals surface area contributed by atoms with E-state index >= 15 is 0 Å². The Bertz CT molecular complexity index is 389. The highest BCUT2D eigenvalue weighted by molar-refractivity contribution is 5.68. The summed E-state index contributed by atoms with van der Waals surface area (Å²) >= 11 is 0. The molecule has 1 aromatic rings. The monoisotopic (exact) mass is 208 g/mol. The van der Waals surface area contributed by atoms with Gasteiger partial charge in [-0.2, -0.15) is 0 Å². The van der Waals surface area contributed by atoms with Gasteiger partial charge in [-0.1, -0.05) is 6.07 Å². The fraction of sp³-hybridized carbons (Fsp3) is 0.417. The van der Waals surface area contributed by atoms with Crippen LogP contribution in [0.5, 0.6) is 0 Å². The summed E-state index contributed by atoms with van der Waals surface area (Å²) in [6.45, 7) is 0. The van der Waals surface area contributed by atoms with Crippen LogP contribution < -0.4 is 0 Å². The number of hydrogen-bond acceptors (Lipinski definition) is 2. The van der Waals surface area contributed by atoms with Gasteiger partial charge in [-0.05, 0) is 42.5 Å². The Labute approximate surface area is 88.1 Å². The predicted octanol–water partition coefficient (Wildman–Crippen LogP) is 2.20. The van der Waals surface area contributed by atoms with E-state index < -0.39 is 5.60 Å². The van der Waals surface area contributed by atoms with Crippen LogP contribution in [0.2, 0.25) is 0 Å². The van der Waals surface area contributed by atoms with Crippen molar-refractivity contribution in [2.45, 2.75) is 24.9 Å². The van der Waals surface area contributed by atoms with E-state index in [2.05, 4.69) is 0 Å². The van der Waals surface area contributed by atoms with E-state index in [-0.39, 0.29) is 5.82 Å². The van der Waals surface area contributed by atoms with Gasteiger partial charge in [0.15, 0.2) is 6.29 Å². The van der Waals surface area contributed by atoms with Crippen LogP contribution in [0.4, 0.5) is 4.39 Å². The summed E-state index contributed by atoms with van der Waals surface area (Å²) in [4.78, 5) is 11.1. The molecule has 0 spiro atoms. The average molecular weight is 208 g/mol. The van der Waals surface area contributed by atoms with Crippen LogP contribution in [0.15, 0.2) is 18.2 Å². The molecule has 3 heteroatoms. The van der Waals surface area contributed by atoms with Gasteiger partial charge < -0.3 is 4.74 Å². The first-order valence-corrected chi connectivity index (χ1v) is 5.02. The Morgan fingerprint density at radius 3 is 3.00 bits per heavy atom. The molecular formula is C12H13FO2. The molecule has 0 amide bonds. The second-order valence-electron chi connectivity index (χ2n) is 3.87. The molecule has 0 heterocycles. The molecule has 2 rings (SSSR count). The van der Waals surface area contributed by atoms with Crippen LogP contribution in [0.3, 0.4) is 0 Å². The lowest BCUT2D eigenvalue weighted by molar-refractivity contribution is -0.130. The lowest BCUT2D eigenvalue weighted by Crippen LogP contribution is -2.34. The Morgan fingerprint density at radius 1 is 1.53 bits per heavy atom. The minimum absolute atomic E-state index is 0.258. The second-order valence-corrected chi connectivity index (χ2v) is 3.87. The molecule has 1 aromatic carbocycles. The number of aldehydes is 1. The highest BCUT2D eigenvalue weighted by atomic mass is 19.1. The van der Waals surface area contributed by atoms with Crippen molar-refractivity contribution in [3.05, 3.63) is 35.1 Å². The summed E-state index contributed by atoms with van der Waals surface area (Å²) in [7, 11) is 1.52. The number of ether oxygens (including phenoxy) is 1. The zero-order valence-electron chi connectivity index (χ0n) is 8.63. The van der Waals surface area contributed by atoms with Gasteiger partial charge in [0.2, 0.25) is 0 Å². The lowest BCUT2D eigenvalue weighted by Gasteiger charge is -2.33. The molecule has 0 saturated heterocycles. The van der Waals surface area contributed by atoms with Crippen molar-refractivity contribution in [3.8, 4) is 0 Å². The molecule has 15 heavy (non-hydrogen) atoms. The number of fused-ring (bicyclic) bond motifs is 1. The van der Waals surface area contributed by atoms with Crippen molar-refractivity contribution in [1.82, 2.24) is 0 Å². The Hall–Kier alpha value is -1.22. The van der Waals surface area contributed by atoms with Crippen LogP contribution in [0.25, 0.3) is 0 Å². The average Bonchev–Trinajstić information content (AvgIpc) is 2.27. The van der Waals surface area contributed by atoms with Gasteiger partial charge in [-0.15, -0.1) is 0 Å². The zero-order chi connectivity index (χ0) is 10.9. The number of carbonyl (C=O) groups is 1. The van der Waals surface area contributed by atoms with E-state index in [1.54, 1.807) is 6.07 Å². The quantitative estimate of drug-likeness (QED) is 0.696. The van der Waals surface area contributed by atoms with Crippen molar-refractivity contribution in [3.63, 3.8) is 0 Å². The highest BCUT2D eigenvalue weighted by Gasteiger charge is 2.36. The van der Waals surface area contributed by atoms with Crippen LogP contribution in [0.1, 0.15) is 24.0 Å². The van der Waals surface area contributed by atoms with Gasteiger partial charge >= 0.3 is 0 Å². The van der Waals surface area contributed by atoms with E-state index in [0.29, 0.717) is 6.42 Å². The van der Waals surface area contributed by atoms with Crippen molar-refractivity contribution < 1.29 is 13.9 Å². The molecule has 0 fully saturated rings. The molecule has 0 aliphatic heterocycles. The molecule has 1 aliphatic rings. The maximum absolute atomic E-state index is 13.0. The minimum Gasteiger partial charge on any atom is -0.366 e. The Morgan fingerprint density at radius 2 is 2.33 bits per heavy atom. The standard InChI is InChI=1S/C12H13FO2/c1-15-12(8-14)6-2-3-9-7-10(13)4-5-11(9)12/h4-5,7-8H,2-3,6H2,1H3. The molecule has 0 bridgehead atoms. The first-order chi connectivity index (χ1) is 7.22. The number of hydrogen-bond donors (Lipinski definition) is 0. The number of aryl methyl sites for hydroxylation is 1. The van der Waals surface area contributed by atoms with Crippen LogP contribution in [-0.2, 0) is 21.6 Å². The molecule has 0 radical (unpaired) electrons. The highest BCUT2D eigenvalue weighted by Crippen LogP contribution is 2.36. The molecule has 0 N–H and O–H groups in total. The van der Waals surface area contributed by atoms with Crippen molar-refractivity contribution in [2.75, 3.05) is 7.11 Å². The fourth-order valence-corrected chi connectivity index (χ4v) is 2.24. The van der Waals surface area contributed by atoms with E-state index in [0.717, 1.165) is 30.3 Å². The van der Waals surface area contributed by atoms with E-state index in [1.807, 2.05) is 0 Å². The first-order valence-electron chi connectivity index (χ1n) is 5.02. The SMILES string of the molecule is COC1(C=O)CCCc2cc(F)ccc21. The lowest BCUT2D eigenvalue weighted by atomic mass is 9.80. The molecule has 1 atom stereocenters. The van der Waals surface area contributed by atoms with E-state index in [9.17, 15) is 9.18 Å². The third-order valence-corrected chi connectivity index (χ3v) is 3.07. The maximum Gasteiger partial charge on any atom is 0.156 e. The largest absolute Gasteiger partial charge is 0.366 e. The first kappa shape index (κ1) is 10.3. The molecule has 1 unspecified atom stereocenters. The van der Waals surface area contributed by atoms with E-state index in [1.165, 1.54) is 19.2 Å². The molecule has 0 aromatic heterocycles. The normalized spacial score (nSPS) is 24.7. The summed E-state index contributed by atoms with van der Waals surface area (Å²) in [5.74, 6) is -0.258. The minimum atomic E-state index is -0.860. The summed E-state index contributed by atoms with van der Waals surface area (Å²) < 4.78 is 18.3. The topological polar surface area (TPSA) is 26.3 Å². The Kier molecular flexibility index (Phi) is 2.57. The number of benzene rings is 1. The number of halogens is 1. The van der Waals surface area contributed by atoms with Crippen LogP contribution >= 0.6 is 0 Å². The smallest absolute Gasteiger partial charge is 0.156 e. The molecule has 2 nitrogen and oxygen atoms in total. The van der Waals surface area contributed by atoms with E-state index in [4.69, 9.17) is 4.74 Å². The third kappa shape index (κ3) is 1.57. The fourth-order valence-electron chi connectivity index (χ4n) is 2.24. The van der Waals surface area contributed by atoms with Gasteiger partial charge in [-0.25, -0.2) is 4.39 Å². The van der Waals surface area contributed by atoms with Crippen molar-refractivity contribution in [2.24, 2.45) is 0 Å². The Balaban J connectivity index is 2.55. The van der Waals surface area contributed by atoms with Gasteiger partial charge in [0, 0.05) is 7.11 Å². The number of rotatable bonds is 2.